The number of benzene rings is 2. The van der Waals surface area contributed by atoms with Gasteiger partial charge in [0.15, 0.2) is 0 Å². The van der Waals surface area contributed by atoms with Crippen molar-refractivity contribution in [3.05, 3.63) is 66.1 Å². The summed E-state index contributed by atoms with van der Waals surface area (Å²) in [6, 6.07) is 15.3. The highest BCUT2D eigenvalue weighted by molar-refractivity contribution is 7.93. The Morgan fingerprint density at radius 3 is 2.33 bits per heavy atom. The summed E-state index contributed by atoms with van der Waals surface area (Å²) in [4.78, 5) is 16.7. The Morgan fingerprint density at radius 1 is 1.08 bits per heavy atom. The van der Waals surface area contributed by atoms with E-state index in [0.717, 1.165) is 5.56 Å². The molecule has 1 aromatic heterocycles. The summed E-state index contributed by atoms with van der Waals surface area (Å²) < 4.78 is 21.6. The fourth-order valence-electron chi connectivity index (χ4n) is 2.12. The normalized spacial score (nSPS) is 13.2. The summed E-state index contributed by atoms with van der Waals surface area (Å²) in [5.41, 5.74) is 1.14. The molecule has 0 spiro atoms. The minimum Gasteiger partial charge on any atom is -0.339 e. The summed E-state index contributed by atoms with van der Waals surface area (Å²) in [7, 11) is -2.84. The van der Waals surface area contributed by atoms with Gasteiger partial charge in [-0.1, -0.05) is 23.4 Å². The molecule has 0 saturated heterocycles. The van der Waals surface area contributed by atoms with Gasteiger partial charge in [0.2, 0.25) is 11.7 Å². The minimum absolute atomic E-state index is 0.408. The first-order chi connectivity index (χ1) is 11.5. The molecule has 0 N–H and O–H groups in total. The van der Waals surface area contributed by atoms with E-state index in [-0.39, 0.29) is 0 Å². The Balaban J connectivity index is 1.91. The largest absolute Gasteiger partial charge is 0.339 e. The summed E-state index contributed by atoms with van der Waals surface area (Å²) in [6.07, 6.45) is 1.45. The lowest BCUT2D eigenvalue weighted by Crippen LogP contribution is -2.03. The second-order valence-electron chi connectivity index (χ2n) is 5.23. The number of rotatable bonds is 3. The molecular weight excluding hydrogens is 326 g/mol. The van der Waals surface area contributed by atoms with Gasteiger partial charge in [-0.2, -0.15) is 9.35 Å². The van der Waals surface area contributed by atoms with E-state index in [1.54, 1.807) is 61.5 Å². The van der Waals surface area contributed by atoms with Gasteiger partial charge in [-0.05, 0) is 36.4 Å². The highest BCUT2D eigenvalue weighted by Gasteiger charge is 2.12. The van der Waals surface area contributed by atoms with Gasteiger partial charge < -0.3 is 4.52 Å². The third kappa shape index (κ3) is 3.41. The van der Waals surface area contributed by atoms with Crippen molar-refractivity contribution in [2.45, 2.75) is 11.8 Å². The molecule has 0 aliphatic heterocycles. The molecule has 1 heterocycles. The molecule has 0 saturated carbocycles. The number of hydrogen-bond donors (Lipinski definition) is 0. The number of amides is 1. The number of carbonyl (C=O) groups is 1. The van der Waals surface area contributed by atoms with Crippen LogP contribution < -0.4 is 0 Å². The minimum atomic E-state index is -2.84. The van der Waals surface area contributed by atoms with E-state index in [9.17, 15) is 9.00 Å². The Morgan fingerprint density at radius 2 is 1.75 bits per heavy atom. The molecule has 7 heteroatoms. The van der Waals surface area contributed by atoms with Crippen molar-refractivity contribution >= 4 is 15.6 Å². The molecule has 0 bridgehead atoms. The molecular formula is C17H15N3O3S. The Kier molecular flexibility index (Phi) is 4.26. The van der Waals surface area contributed by atoms with Gasteiger partial charge in [0, 0.05) is 29.2 Å². The lowest BCUT2D eigenvalue weighted by atomic mass is 10.2. The topological polar surface area (TPSA) is 85.4 Å². The predicted octanol–water partition coefficient (Wildman–Crippen LogP) is 3.34. The van der Waals surface area contributed by atoms with Crippen molar-refractivity contribution < 1.29 is 13.5 Å². The van der Waals surface area contributed by atoms with E-state index in [4.69, 9.17) is 4.52 Å². The van der Waals surface area contributed by atoms with Gasteiger partial charge in [-0.25, -0.2) is 4.21 Å². The van der Waals surface area contributed by atoms with Crippen LogP contribution >= 0.6 is 0 Å². The first-order valence-corrected chi connectivity index (χ1v) is 9.10. The van der Waals surface area contributed by atoms with Crippen molar-refractivity contribution in [2.75, 3.05) is 6.26 Å². The Hall–Kier alpha value is -2.80. The maximum Gasteiger partial charge on any atom is 0.285 e. The van der Waals surface area contributed by atoms with Crippen LogP contribution in [0.1, 0.15) is 16.2 Å². The van der Waals surface area contributed by atoms with E-state index in [1.165, 1.54) is 6.26 Å². The summed E-state index contributed by atoms with van der Waals surface area (Å²) in [6.45, 7) is 1.71. The molecule has 3 rings (SSSR count). The average molecular weight is 341 g/mol. The van der Waals surface area contributed by atoms with Crippen LogP contribution in [0.4, 0.5) is 0 Å². The van der Waals surface area contributed by atoms with Crippen LogP contribution in [0, 0.1) is 6.92 Å². The fourth-order valence-corrected chi connectivity index (χ4v) is 3.29. The molecule has 3 aromatic rings. The zero-order valence-corrected chi connectivity index (χ0v) is 14.0. The van der Waals surface area contributed by atoms with Crippen molar-refractivity contribution in [3.8, 4) is 11.4 Å². The van der Waals surface area contributed by atoms with Crippen molar-refractivity contribution in [1.82, 2.24) is 10.1 Å². The highest BCUT2D eigenvalue weighted by Crippen LogP contribution is 2.20. The fraction of sp³-hybridized carbons (Fsp3) is 0.118. The van der Waals surface area contributed by atoms with Crippen LogP contribution in [-0.2, 0) is 9.73 Å². The first kappa shape index (κ1) is 16.1. The second kappa shape index (κ2) is 6.37. The van der Waals surface area contributed by atoms with Gasteiger partial charge in [0.05, 0.1) is 9.73 Å². The predicted molar refractivity (Wildman–Crippen MR) is 90.0 cm³/mol. The average Bonchev–Trinajstić information content (AvgIpc) is 3.02. The molecule has 1 atom stereocenters. The summed E-state index contributed by atoms with van der Waals surface area (Å²) in [5.74, 6) is 0.428. The van der Waals surface area contributed by atoms with Crippen molar-refractivity contribution in [3.63, 3.8) is 0 Å². The summed E-state index contributed by atoms with van der Waals surface area (Å²) in [5, 5.41) is 3.83. The zero-order chi connectivity index (χ0) is 17.2. The van der Waals surface area contributed by atoms with E-state index in [1.807, 2.05) is 0 Å². The van der Waals surface area contributed by atoms with Crippen LogP contribution in [0.2, 0.25) is 0 Å². The van der Waals surface area contributed by atoms with Crippen LogP contribution in [0.25, 0.3) is 11.4 Å². The first-order valence-electron chi connectivity index (χ1n) is 7.18. The van der Waals surface area contributed by atoms with Gasteiger partial charge in [-0.15, -0.1) is 0 Å². The Labute approximate surface area is 139 Å². The molecule has 2 aromatic carbocycles. The number of carbonyl (C=O) groups excluding carboxylic acids is 1. The summed E-state index contributed by atoms with van der Waals surface area (Å²) >= 11 is 0. The third-order valence-corrected chi connectivity index (χ3v) is 5.02. The number of hydrogen-bond acceptors (Lipinski definition) is 5. The quantitative estimate of drug-likeness (QED) is 0.729. The number of aromatic nitrogens is 2. The van der Waals surface area contributed by atoms with Gasteiger partial charge >= 0.3 is 0 Å². The molecule has 122 valence electrons. The number of aryl methyl sites for hydroxylation is 1. The third-order valence-electron chi connectivity index (χ3n) is 3.36. The maximum absolute atomic E-state index is 12.8. The second-order valence-corrected chi connectivity index (χ2v) is 7.49. The van der Waals surface area contributed by atoms with Gasteiger partial charge in [-0.3, -0.25) is 4.79 Å². The standard InChI is InChI=1S/C17H15N3O3S/c1-12-18-16(19-23-12)13-8-10-15(11-9-13)24(2,22)20-17(21)14-6-4-3-5-7-14/h3-11H,1-2H3. The highest BCUT2D eigenvalue weighted by atomic mass is 32.2. The van der Waals surface area contributed by atoms with Crippen LogP contribution in [0.3, 0.4) is 0 Å². The maximum atomic E-state index is 12.8. The van der Waals surface area contributed by atoms with Crippen LogP contribution in [0.5, 0.6) is 0 Å². The van der Waals surface area contributed by atoms with E-state index >= 15 is 0 Å². The Bertz CT molecular complexity index is 985. The van der Waals surface area contributed by atoms with Crippen molar-refractivity contribution in [2.24, 2.45) is 4.36 Å². The van der Waals surface area contributed by atoms with Gasteiger partial charge in [0.25, 0.3) is 5.91 Å². The molecule has 0 aliphatic carbocycles. The molecule has 24 heavy (non-hydrogen) atoms. The lowest BCUT2D eigenvalue weighted by Gasteiger charge is -2.05. The van der Waals surface area contributed by atoms with Gasteiger partial charge in [0.1, 0.15) is 0 Å². The molecule has 0 radical (unpaired) electrons. The molecule has 1 unspecified atom stereocenters. The molecule has 0 fully saturated rings. The number of nitrogens with zero attached hydrogens (tertiary/aromatic N) is 3. The zero-order valence-electron chi connectivity index (χ0n) is 13.2. The monoisotopic (exact) mass is 341 g/mol. The molecule has 0 aliphatic rings. The lowest BCUT2D eigenvalue weighted by molar-refractivity contribution is 0.100. The molecule has 6 nitrogen and oxygen atoms in total. The van der Waals surface area contributed by atoms with E-state index in [2.05, 4.69) is 14.5 Å². The van der Waals surface area contributed by atoms with E-state index < -0.39 is 15.6 Å². The van der Waals surface area contributed by atoms with E-state index in [0.29, 0.717) is 22.2 Å². The molecule has 1 amide bonds. The smallest absolute Gasteiger partial charge is 0.285 e. The SMILES string of the molecule is Cc1nc(-c2ccc(S(C)(=O)=NC(=O)c3ccccc3)cc2)no1. The van der Waals surface area contributed by atoms with Crippen molar-refractivity contribution in [1.29, 1.82) is 0 Å². The van der Waals surface area contributed by atoms with Crippen LogP contribution in [0.15, 0.2) is 68.4 Å². The van der Waals surface area contributed by atoms with Crippen LogP contribution in [-0.4, -0.2) is 26.5 Å².